The van der Waals surface area contributed by atoms with Gasteiger partial charge in [0.05, 0.1) is 22.6 Å². The number of rotatable bonds is 9. The van der Waals surface area contributed by atoms with Crippen molar-refractivity contribution in [2.24, 2.45) is 0 Å². The lowest BCUT2D eigenvalue weighted by Gasteiger charge is -2.27. The van der Waals surface area contributed by atoms with Crippen molar-refractivity contribution >= 4 is 39.4 Å². The maximum Gasteiger partial charge on any atom is 0.296 e. The third-order valence-corrected chi connectivity index (χ3v) is 7.23. The molecule has 1 fully saturated rings. The molecule has 0 bridgehead atoms. The topological polar surface area (TPSA) is 139 Å². The summed E-state index contributed by atoms with van der Waals surface area (Å²) in [5.74, 6) is -2.25. The Labute approximate surface area is 202 Å². The first-order chi connectivity index (χ1) is 16.7. The van der Waals surface area contributed by atoms with Gasteiger partial charge in [-0.25, -0.2) is 0 Å². The smallest absolute Gasteiger partial charge is 0.296 e. The van der Waals surface area contributed by atoms with Crippen molar-refractivity contribution < 1.29 is 31.8 Å². The van der Waals surface area contributed by atoms with Gasteiger partial charge >= 0.3 is 0 Å². The fourth-order valence-electron chi connectivity index (χ4n) is 4.05. The van der Waals surface area contributed by atoms with Crippen LogP contribution in [0, 0.1) is 6.92 Å². The molecule has 4 amide bonds. The summed E-state index contributed by atoms with van der Waals surface area (Å²) in [5, 5.41) is 5.29. The lowest BCUT2D eigenvalue weighted by atomic mass is 10.0. The lowest BCUT2D eigenvalue weighted by Crippen LogP contribution is -2.54. The molecule has 4 rings (SSSR count). The summed E-state index contributed by atoms with van der Waals surface area (Å²) >= 11 is 0. The second kappa shape index (κ2) is 9.96. The summed E-state index contributed by atoms with van der Waals surface area (Å²) in [5.41, 5.74) is 1.77. The number of nitrogens with zero attached hydrogens (tertiary/aromatic N) is 1. The number of hydrogen-bond acceptors (Lipinski definition) is 8. The van der Waals surface area contributed by atoms with Crippen molar-refractivity contribution in [3.63, 3.8) is 0 Å². The number of hydrogen-bond donors (Lipinski definition) is 2. The van der Waals surface area contributed by atoms with E-state index in [2.05, 4.69) is 10.6 Å². The van der Waals surface area contributed by atoms with Crippen molar-refractivity contribution in [1.82, 2.24) is 10.2 Å². The van der Waals surface area contributed by atoms with Gasteiger partial charge < -0.3 is 5.32 Å². The highest BCUT2D eigenvalue weighted by atomic mass is 32.2. The van der Waals surface area contributed by atoms with Crippen LogP contribution in [0.3, 0.4) is 0 Å². The van der Waals surface area contributed by atoms with Gasteiger partial charge in [-0.2, -0.15) is 8.42 Å². The molecule has 11 heteroatoms. The maximum absolute atomic E-state index is 13.1. The highest BCUT2D eigenvalue weighted by Gasteiger charge is 2.45. The Morgan fingerprint density at radius 2 is 1.77 bits per heavy atom. The van der Waals surface area contributed by atoms with Gasteiger partial charge in [-0.15, -0.1) is 0 Å². The van der Waals surface area contributed by atoms with Crippen molar-refractivity contribution in [2.75, 3.05) is 18.5 Å². The van der Waals surface area contributed by atoms with Gasteiger partial charge in [-0.05, 0) is 50.5 Å². The van der Waals surface area contributed by atoms with E-state index in [1.54, 1.807) is 24.3 Å². The number of piperidine rings is 1. The number of nitrogens with one attached hydrogen (secondary N) is 2. The van der Waals surface area contributed by atoms with Crippen LogP contribution in [0.1, 0.15) is 52.0 Å². The monoisotopic (exact) mass is 499 g/mol. The van der Waals surface area contributed by atoms with Gasteiger partial charge in [0.2, 0.25) is 11.8 Å². The summed E-state index contributed by atoms with van der Waals surface area (Å²) in [4.78, 5) is 50.6. The molecule has 2 aliphatic rings. The number of fused-ring (bicyclic) bond motifs is 1. The number of anilines is 1. The third kappa shape index (κ3) is 5.10. The molecular formula is C24H25N3O7S. The predicted molar refractivity (Wildman–Crippen MR) is 125 cm³/mol. The van der Waals surface area contributed by atoms with Crippen LogP contribution in [0.25, 0.3) is 0 Å². The summed E-state index contributed by atoms with van der Waals surface area (Å²) < 4.78 is 29.6. The SMILES string of the molecule is Cc1ccc(S(=O)(=O)OCCCCNc2cccc3c2C(=O)N(C2CCC(=O)NC2=O)C3=O)cc1. The molecule has 0 saturated carbocycles. The van der Waals surface area contributed by atoms with Gasteiger partial charge in [0.25, 0.3) is 21.9 Å². The van der Waals surface area contributed by atoms with Crippen LogP contribution in [-0.2, 0) is 23.9 Å². The minimum absolute atomic E-state index is 0.00545. The zero-order chi connectivity index (χ0) is 25.2. The second-order valence-corrected chi connectivity index (χ2v) is 10.0. The van der Waals surface area contributed by atoms with E-state index in [4.69, 9.17) is 4.18 Å². The quantitative estimate of drug-likeness (QED) is 0.303. The highest BCUT2D eigenvalue weighted by Crippen LogP contribution is 2.32. The first kappa shape index (κ1) is 24.6. The van der Waals surface area contributed by atoms with Crippen LogP contribution in [0.2, 0.25) is 0 Å². The summed E-state index contributed by atoms with van der Waals surface area (Å²) in [6, 6.07) is 10.2. The first-order valence-electron chi connectivity index (χ1n) is 11.2. The summed E-state index contributed by atoms with van der Waals surface area (Å²) in [7, 11) is -3.82. The van der Waals surface area contributed by atoms with E-state index in [0.29, 0.717) is 25.1 Å². The molecule has 2 aromatic rings. The number of amides is 4. The summed E-state index contributed by atoms with van der Waals surface area (Å²) in [6.07, 6.45) is 1.13. The molecule has 10 nitrogen and oxygen atoms in total. The number of aryl methyl sites for hydroxylation is 1. The molecular weight excluding hydrogens is 474 g/mol. The highest BCUT2D eigenvalue weighted by molar-refractivity contribution is 7.86. The van der Waals surface area contributed by atoms with E-state index in [-0.39, 0.29) is 35.5 Å². The molecule has 0 aliphatic carbocycles. The van der Waals surface area contributed by atoms with E-state index in [1.807, 2.05) is 6.92 Å². The molecule has 0 spiro atoms. The Morgan fingerprint density at radius 3 is 2.49 bits per heavy atom. The molecule has 0 aromatic heterocycles. The van der Waals surface area contributed by atoms with Crippen molar-refractivity contribution in [2.45, 2.75) is 43.5 Å². The van der Waals surface area contributed by atoms with Gasteiger partial charge in [0.15, 0.2) is 0 Å². The zero-order valence-electron chi connectivity index (χ0n) is 19.1. The number of carbonyl (C=O) groups is 4. The number of benzene rings is 2. The summed E-state index contributed by atoms with van der Waals surface area (Å²) in [6.45, 7) is 2.28. The fourth-order valence-corrected chi connectivity index (χ4v) is 5.00. The molecule has 1 saturated heterocycles. The zero-order valence-corrected chi connectivity index (χ0v) is 19.9. The Balaban J connectivity index is 1.32. The number of carbonyl (C=O) groups excluding carboxylic acids is 4. The average Bonchev–Trinajstić information content (AvgIpc) is 3.07. The third-order valence-electron chi connectivity index (χ3n) is 5.90. The van der Waals surface area contributed by atoms with E-state index in [9.17, 15) is 27.6 Å². The van der Waals surface area contributed by atoms with Gasteiger partial charge in [-0.3, -0.25) is 33.6 Å². The Bertz CT molecular complexity index is 1290. The Kier molecular flexibility index (Phi) is 6.99. The lowest BCUT2D eigenvalue weighted by molar-refractivity contribution is -0.136. The van der Waals surface area contributed by atoms with Crippen LogP contribution >= 0.6 is 0 Å². The van der Waals surface area contributed by atoms with E-state index < -0.39 is 39.8 Å². The molecule has 0 radical (unpaired) electrons. The molecule has 1 atom stereocenters. The van der Waals surface area contributed by atoms with Crippen LogP contribution < -0.4 is 10.6 Å². The average molecular weight is 500 g/mol. The van der Waals surface area contributed by atoms with Crippen LogP contribution in [0.4, 0.5) is 5.69 Å². The molecule has 2 aromatic carbocycles. The minimum atomic E-state index is -3.82. The maximum atomic E-state index is 13.1. The Hall–Kier alpha value is -3.57. The molecule has 35 heavy (non-hydrogen) atoms. The van der Waals surface area contributed by atoms with Crippen molar-refractivity contribution in [3.8, 4) is 0 Å². The Morgan fingerprint density at radius 1 is 1.03 bits per heavy atom. The molecule has 2 N–H and O–H groups in total. The number of imide groups is 2. The molecule has 2 aliphatic heterocycles. The van der Waals surface area contributed by atoms with E-state index in [0.717, 1.165) is 10.5 Å². The van der Waals surface area contributed by atoms with Crippen LogP contribution in [0.5, 0.6) is 0 Å². The largest absolute Gasteiger partial charge is 0.384 e. The van der Waals surface area contributed by atoms with Gasteiger partial charge in [0, 0.05) is 18.7 Å². The normalized spacial score (nSPS) is 18.0. The van der Waals surface area contributed by atoms with Crippen LogP contribution in [0.15, 0.2) is 47.4 Å². The predicted octanol–water partition coefficient (Wildman–Crippen LogP) is 1.99. The van der Waals surface area contributed by atoms with E-state index >= 15 is 0 Å². The van der Waals surface area contributed by atoms with Gasteiger partial charge in [0.1, 0.15) is 6.04 Å². The minimum Gasteiger partial charge on any atom is -0.384 e. The standard InChI is InChI=1S/C24H25N3O7S/c1-15-7-9-16(10-8-15)35(32,33)34-14-3-2-13-25-18-6-4-5-17-21(18)24(31)27(23(17)30)19-11-12-20(28)26-22(19)29/h4-10,19,25H,2-3,11-14H2,1H3,(H,26,28,29). The van der Waals surface area contributed by atoms with Gasteiger partial charge in [-0.1, -0.05) is 23.8 Å². The van der Waals surface area contributed by atoms with Crippen molar-refractivity contribution in [3.05, 3.63) is 59.2 Å². The molecule has 2 heterocycles. The molecule has 1 unspecified atom stereocenters. The fraction of sp³-hybridized carbons (Fsp3) is 0.333. The van der Waals surface area contributed by atoms with Crippen LogP contribution in [-0.4, -0.2) is 56.1 Å². The number of unbranched alkanes of at least 4 members (excludes halogenated alkanes) is 1. The first-order valence-corrected chi connectivity index (χ1v) is 12.6. The molecule has 184 valence electrons. The van der Waals surface area contributed by atoms with Crippen molar-refractivity contribution in [1.29, 1.82) is 0 Å². The second-order valence-electron chi connectivity index (χ2n) is 8.40. The van der Waals surface area contributed by atoms with E-state index in [1.165, 1.54) is 18.2 Å².